The Morgan fingerprint density at radius 1 is 1.07 bits per heavy atom. The Hall–Kier alpha value is -1.30. The van der Waals surface area contributed by atoms with E-state index in [-0.39, 0.29) is 0 Å². The maximum absolute atomic E-state index is 2.24. The molecule has 14 heavy (non-hydrogen) atoms. The van der Waals surface area contributed by atoms with Crippen LogP contribution in [0.15, 0.2) is 41.5 Å². The van der Waals surface area contributed by atoms with Crippen LogP contribution in [0.3, 0.4) is 0 Å². The van der Waals surface area contributed by atoms with Crippen molar-refractivity contribution < 1.29 is 0 Å². The van der Waals surface area contributed by atoms with Gasteiger partial charge in [-0.05, 0) is 44.4 Å². The van der Waals surface area contributed by atoms with Crippen molar-refractivity contribution in [2.45, 2.75) is 27.7 Å². The fourth-order valence-corrected chi connectivity index (χ4v) is 1.32. The molecule has 0 heterocycles. The molecule has 0 bridgehead atoms. The molecule has 0 aliphatic carbocycles. The van der Waals surface area contributed by atoms with E-state index in [1.807, 2.05) is 0 Å². The summed E-state index contributed by atoms with van der Waals surface area (Å²) in [5, 5.41) is 0. The van der Waals surface area contributed by atoms with E-state index >= 15 is 0 Å². The summed E-state index contributed by atoms with van der Waals surface area (Å²) < 4.78 is 0. The van der Waals surface area contributed by atoms with Crippen molar-refractivity contribution in [2.75, 3.05) is 0 Å². The molecule has 0 aliphatic rings. The fraction of sp³-hybridized carbons (Fsp3) is 0.286. The van der Waals surface area contributed by atoms with Gasteiger partial charge in [-0.15, -0.1) is 0 Å². The lowest BCUT2D eigenvalue weighted by Gasteiger charge is -2.03. The van der Waals surface area contributed by atoms with Crippen molar-refractivity contribution in [1.82, 2.24) is 0 Å². The average Bonchev–Trinajstić information content (AvgIpc) is 2.20. The molecule has 0 amide bonds. The molecule has 1 aromatic carbocycles. The van der Waals surface area contributed by atoms with E-state index in [9.17, 15) is 0 Å². The van der Waals surface area contributed by atoms with Crippen molar-refractivity contribution >= 4 is 6.08 Å². The second-order valence-electron chi connectivity index (χ2n) is 3.66. The van der Waals surface area contributed by atoms with Crippen LogP contribution in [0.5, 0.6) is 0 Å². The lowest BCUT2D eigenvalue weighted by molar-refractivity contribution is 1.34. The Bertz CT molecular complexity index is 367. The van der Waals surface area contributed by atoms with E-state index in [1.54, 1.807) is 0 Å². The maximum atomic E-state index is 2.24. The summed E-state index contributed by atoms with van der Waals surface area (Å²) in [4.78, 5) is 0. The molecule has 0 atom stereocenters. The van der Waals surface area contributed by atoms with E-state index in [4.69, 9.17) is 0 Å². The molecular formula is C14H18. The summed E-state index contributed by atoms with van der Waals surface area (Å²) in [5.74, 6) is 0. The van der Waals surface area contributed by atoms with E-state index in [1.165, 1.54) is 22.3 Å². The topological polar surface area (TPSA) is 0 Å². The molecule has 0 aromatic heterocycles. The summed E-state index contributed by atoms with van der Waals surface area (Å²) in [6.07, 6.45) is 4.38. The van der Waals surface area contributed by atoms with Crippen molar-refractivity contribution in [2.24, 2.45) is 0 Å². The molecule has 0 radical (unpaired) electrons. The van der Waals surface area contributed by atoms with Gasteiger partial charge in [0.1, 0.15) is 0 Å². The third-order valence-electron chi connectivity index (χ3n) is 2.62. The van der Waals surface area contributed by atoms with Crippen molar-refractivity contribution in [3.63, 3.8) is 0 Å². The van der Waals surface area contributed by atoms with Gasteiger partial charge in [-0.1, -0.05) is 42.0 Å². The molecule has 0 N–H and O–H groups in total. The van der Waals surface area contributed by atoms with Gasteiger partial charge < -0.3 is 0 Å². The van der Waals surface area contributed by atoms with Crippen molar-refractivity contribution in [3.8, 4) is 0 Å². The predicted octanol–water partition coefficient (Wildman–Crippen LogP) is 4.36. The summed E-state index contributed by atoms with van der Waals surface area (Å²) in [7, 11) is 0. The van der Waals surface area contributed by atoms with Gasteiger partial charge in [0.2, 0.25) is 0 Å². The summed E-state index contributed by atoms with van der Waals surface area (Å²) in [6, 6.07) is 8.45. The number of rotatable bonds is 2. The molecular weight excluding hydrogens is 168 g/mol. The van der Waals surface area contributed by atoms with Crippen LogP contribution < -0.4 is 0 Å². The Labute approximate surface area is 87.0 Å². The average molecular weight is 186 g/mol. The minimum Gasteiger partial charge on any atom is -0.0845 e. The Morgan fingerprint density at radius 3 is 2.29 bits per heavy atom. The third-order valence-corrected chi connectivity index (χ3v) is 2.62. The second kappa shape index (κ2) is 4.80. The molecule has 0 nitrogen and oxygen atoms in total. The highest BCUT2D eigenvalue weighted by molar-refractivity contribution is 5.59. The third kappa shape index (κ3) is 2.59. The zero-order valence-electron chi connectivity index (χ0n) is 9.46. The molecule has 1 rings (SSSR count). The first-order valence-corrected chi connectivity index (χ1v) is 5.02. The van der Waals surface area contributed by atoms with Gasteiger partial charge >= 0.3 is 0 Å². The van der Waals surface area contributed by atoms with Gasteiger partial charge in [-0.3, -0.25) is 0 Å². The van der Waals surface area contributed by atoms with Crippen LogP contribution in [-0.2, 0) is 0 Å². The Kier molecular flexibility index (Phi) is 3.70. The fourth-order valence-electron chi connectivity index (χ4n) is 1.32. The monoisotopic (exact) mass is 186 g/mol. The lowest BCUT2D eigenvalue weighted by Crippen LogP contribution is -1.82. The molecule has 0 spiro atoms. The summed E-state index contributed by atoms with van der Waals surface area (Å²) in [6.45, 7) is 8.51. The molecule has 1 aromatic rings. The van der Waals surface area contributed by atoms with Gasteiger partial charge in [0.25, 0.3) is 0 Å². The highest BCUT2D eigenvalue weighted by Gasteiger charge is 1.95. The van der Waals surface area contributed by atoms with E-state index in [0.29, 0.717) is 0 Å². The minimum atomic E-state index is 1.31. The quantitative estimate of drug-likeness (QED) is 0.602. The van der Waals surface area contributed by atoms with Crippen LogP contribution >= 0.6 is 0 Å². The van der Waals surface area contributed by atoms with Gasteiger partial charge in [-0.25, -0.2) is 0 Å². The Balaban J connectivity index is 3.04. The number of allylic oxidation sites excluding steroid dienone is 3. The second-order valence-corrected chi connectivity index (χ2v) is 3.66. The van der Waals surface area contributed by atoms with E-state index in [2.05, 4.69) is 64.1 Å². The number of hydrogen-bond donors (Lipinski definition) is 0. The van der Waals surface area contributed by atoms with Crippen LogP contribution in [0.4, 0.5) is 0 Å². The standard InChI is InChI=1S/C14H18/c1-5-11(2)13(4)10-14-9-7-6-8-12(14)3/h5-10H,1-4H3/b11-5+,13-10+. The predicted molar refractivity (Wildman–Crippen MR) is 64.3 cm³/mol. The molecule has 0 heteroatoms. The van der Waals surface area contributed by atoms with Gasteiger partial charge in [-0.2, -0.15) is 0 Å². The molecule has 0 aliphatic heterocycles. The smallest absolute Gasteiger partial charge is 0.0225 e. The minimum absolute atomic E-state index is 1.31. The van der Waals surface area contributed by atoms with Crippen LogP contribution in [-0.4, -0.2) is 0 Å². The van der Waals surface area contributed by atoms with Crippen molar-refractivity contribution in [1.29, 1.82) is 0 Å². The van der Waals surface area contributed by atoms with Crippen LogP contribution in [0.25, 0.3) is 6.08 Å². The summed E-state index contributed by atoms with van der Waals surface area (Å²) in [5.41, 5.74) is 5.32. The SMILES string of the molecule is C/C=C(C)/C(C)=C/c1ccccc1C. The van der Waals surface area contributed by atoms with Gasteiger partial charge in [0, 0.05) is 0 Å². The molecule has 0 saturated carbocycles. The van der Waals surface area contributed by atoms with Crippen LogP contribution in [0, 0.1) is 6.92 Å². The zero-order chi connectivity index (χ0) is 10.6. The van der Waals surface area contributed by atoms with Crippen LogP contribution in [0.1, 0.15) is 31.9 Å². The normalized spacial score (nSPS) is 13.1. The van der Waals surface area contributed by atoms with Gasteiger partial charge in [0.05, 0.1) is 0 Å². The zero-order valence-corrected chi connectivity index (χ0v) is 9.46. The first kappa shape index (κ1) is 10.8. The lowest BCUT2D eigenvalue weighted by atomic mass is 10.0. The first-order valence-electron chi connectivity index (χ1n) is 5.02. The molecule has 0 fully saturated rings. The van der Waals surface area contributed by atoms with Crippen molar-refractivity contribution in [3.05, 3.63) is 52.6 Å². The van der Waals surface area contributed by atoms with E-state index in [0.717, 1.165) is 0 Å². The number of aryl methyl sites for hydroxylation is 1. The largest absolute Gasteiger partial charge is 0.0845 e. The Morgan fingerprint density at radius 2 is 1.71 bits per heavy atom. The maximum Gasteiger partial charge on any atom is -0.0225 e. The highest BCUT2D eigenvalue weighted by Crippen LogP contribution is 2.16. The first-order chi connectivity index (χ1) is 6.65. The van der Waals surface area contributed by atoms with Crippen LogP contribution in [0.2, 0.25) is 0 Å². The van der Waals surface area contributed by atoms with E-state index < -0.39 is 0 Å². The number of hydrogen-bond acceptors (Lipinski definition) is 0. The molecule has 0 unspecified atom stereocenters. The highest BCUT2D eigenvalue weighted by atomic mass is 14.0. The molecule has 0 saturated heterocycles. The van der Waals surface area contributed by atoms with Gasteiger partial charge in [0.15, 0.2) is 0 Å². The molecule has 74 valence electrons. The number of benzene rings is 1. The summed E-state index contributed by atoms with van der Waals surface area (Å²) >= 11 is 0.